The van der Waals surface area contributed by atoms with E-state index < -0.39 is 0 Å². The van der Waals surface area contributed by atoms with Gasteiger partial charge in [-0.2, -0.15) is 9.99 Å². The zero-order valence-corrected chi connectivity index (χ0v) is 7.14. The minimum absolute atomic E-state index is 0.0637. The Balaban J connectivity index is 3.04. The molecule has 0 atom stereocenters. The van der Waals surface area contributed by atoms with Gasteiger partial charge >= 0.3 is 0 Å². The van der Waals surface area contributed by atoms with Crippen molar-refractivity contribution in [2.45, 2.75) is 0 Å². The second-order valence-corrected chi connectivity index (χ2v) is 2.85. The molecule has 0 aliphatic heterocycles. The molecule has 1 aromatic heterocycles. The molecule has 2 aromatic rings. The van der Waals surface area contributed by atoms with Gasteiger partial charge in [0.05, 0.1) is 17.1 Å². The number of para-hydroxylation sites is 1. The van der Waals surface area contributed by atoms with Crippen LogP contribution in [0, 0.1) is 11.3 Å². The molecule has 0 radical (unpaired) electrons. The van der Waals surface area contributed by atoms with E-state index in [0.29, 0.717) is 10.9 Å². The maximum atomic E-state index is 11.6. The van der Waals surface area contributed by atoms with E-state index in [1.54, 1.807) is 30.3 Å². The van der Waals surface area contributed by atoms with Gasteiger partial charge in [-0.15, -0.1) is 0 Å². The summed E-state index contributed by atoms with van der Waals surface area (Å²) in [6.07, 6.45) is 1.12. The number of aromatic nitrogens is 1. The summed E-state index contributed by atoms with van der Waals surface area (Å²) >= 11 is 0. The zero-order chi connectivity index (χ0) is 10.1. The average molecular weight is 186 g/mol. The van der Waals surface area contributed by atoms with Gasteiger partial charge in [0.25, 0.3) is 0 Å². The van der Waals surface area contributed by atoms with Crippen LogP contribution in [0.1, 0.15) is 5.56 Å². The maximum absolute atomic E-state index is 11.6. The van der Waals surface area contributed by atoms with Gasteiger partial charge in [-0.05, 0) is 12.1 Å². The van der Waals surface area contributed by atoms with Crippen LogP contribution < -0.4 is 5.43 Å². The van der Waals surface area contributed by atoms with Crippen LogP contribution in [0.3, 0.4) is 0 Å². The van der Waals surface area contributed by atoms with E-state index in [1.165, 1.54) is 0 Å². The van der Waals surface area contributed by atoms with Gasteiger partial charge < -0.3 is 5.21 Å². The first-order valence-electron chi connectivity index (χ1n) is 3.98. The number of benzene rings is 1. The number of nitrogens with zero attached hydrogens (tertiary/aromatic N) is 2. The van der Waals surface area contributed by atoms with Crippen molar-refractivity contribution in [2.75, 3.05) is 0 Å². The molecule has 68 valence electrons. The summed E-state index contributed by atoms with van der Waals surface area (Å²) in [7, 11) is 0. The fourth-order valence-corrected chi connectivity index (χ4v) is 1.34. The van der Waals surface area contributed by atoms with Gasteiger partial charge in [0.2, 0.25) is 5.43 Å². The van der Waals surface area contributed by atoms with Crippen molar-refractivity contribution >= 4 is 10.9 Å². The van der Waals surface area contributed by atoms with E-state index in [-0.39, 0.29) is 11.0 Å². The normalized spacial score (nSPS) is 9.93. The molecule has 0 aliphatic rings. The molecule has 0 fully saturated rings. The third-order valence-electron chi connectivity index (χ3n) is 2.01. The van der Waals surface area contributed by atoms with E-state index in [0.717, 1.165) is 10.9 Å². The van der Waals surface area contributed by atoms with E-state index in [2.05, 4.69) is 0 Å². The Morgan fingerprint density at radius 2 is 2.07 bits per heavy atom. The second kappa shape index (κ2) is 2.89. The monoisotopic (exact) mass is 186 g/mol. The lowest BCUT2D eigenvalue weighted by Crippen LogP contribution is -2.11. The minimum Gasteiger partial charge on any atom is -0.428 e. The van der Waals surface area contributed by atoms with Crippen molar-refractivity contribution in [1.29, 1.82) is 5.26 Å². The van der Waals surface area contributed by atoms with Crippen LogP contribution in [0.4, 0.5) is 0 Å². The predicted molar refractivity (Wildman–Crippen MR) is 50.1 cm³/mol. The topological polar surface area (TPSA) is 66.0 Å². The summed E-state index contributed by atoms with van der Waals surface area (Å²) in [4.78, 5) is 11.6. The molecule has 4 heteroatoms. The van der Waals surface area contributed by atoms with Crippen LogP contribution in [0.25, 0.3) is 10.9 Å². The molecule has 0 saturated carbocycles. The van der Waals surface area contributed by atoms with Crippen LogP contribution in [-0.2, 0) is 0 Å². The Morgan fingerprint density at radius 1 is 1.36 bits per heavy atom. The van der Waals surface area contributed by atoms with Crippen molar-refractivity contribution in [1.82, 2.24) is 4.73 Å². The highest BCUT2D eigenvalue weighted by atomic mass is 16.5. The molecule has 1 heterocycles. The number of rotatable bonds is 0. The quantitative estimate of drug-likeness (QED) is 0.626. The number of pyridine rings is 1. The highest BCUT2D eigenvalue weighted by Gasteiger charge is 2.06. The van der Waals surface area contributed by atoms with E-state index >= 15 is 0 Å². The zero-order valence-electron chi connectivity index (χ0n) is 7.14. The summed E-state index contributed by atoms with van der Waals surface area (Å²) in [5, 5.41) is 18.4. The number of fused-ring (bicyclic) bond motifs is 1. The van der Waals surface area contributed by atoms with Crippen LogP contribution >= 0.6 is 0 Å². The van der Waals surface area contributed by atoms with Crippen molar-refractivity contribution in [3.8, 4) is 6.07 Å². The maximum Gasteiger partial charge on any atom is 0.207 e. The molecule has 0 spiro atoms. The van der Waals surface area contributed by atoms with Crippen molar-refractivity contribution in [3.63, 3.8) is 0 Å². The Labute approximate surface area is 79.2 Å². The fourth-order valence-electron chi connectivity index (χ4n) is 1.34. The molecule has 0 bridgehead atoms. The first kappa shape index (κ1) is 8.32. The Kier molecular flexibility index (Phi) is 1.72. The van der Waals surface area contributed by atoms with E-state index in [1.807, 2.05) is 0 Å². The Bertz CT molecular complexity index is 593. The highest BCUT2D eigenvalue weighted by molar-refractivity contribution is 5.79. The van der Waals surface area contributed by atoms with Gasteiger partial charge in [-0.1, -0.05) is 12.1 Å². The average Bonchev–Trinajstić information content (AvgIpc) is 2.23. The number of hydrogen-bond donors (Lipinski definition) is 1. The van der Waals surface area contributed by atoms with Crippen LogP contribution in [0.15, 0.2) is 35.3 Å². The summed E-state index contributed by atoms with van der Waals surface area (Å²) in [5.74, 6) is 0. The lowest BCUT2D eigenvalue weighted by molar-refractivity contribution is 0.198. The summed E-state index contributed by atoms with van der Waals surface area (Å²) in [6, 6.07) is 8.31. The summed E-state index contributed by atoms with van der Waals surface area (Å²) in [5.41, 5.74) is -0.0175. The molecule has 1 aromatic carbocycles. The third-order valence-corrected chi connectivity index (χ3v) is 2.01. The molecule has 0 amide bonds. The smallest absolute Gasteiger partial charge is 0.207 e. The molecule has 14 heavy (non-hydrogen) atoms. The SMILES string of the molecule is N#Cc1cn(O)c2ccccc2c1=O. The van der Waals surface area contributed by atoms with Gasteiger partial charge in [0.1, 0.15) is 11.6 Å². The summed E-state index contributed by atoms with van der Waals surface area (Å²) in [6.45, 7) is 0. The molecule has 0 aliphatic carbocycles. The number of hydrogen-bond acceptors (Lipinski definition) is 3. The molecule has 4 nitrogen and oxygen atoms in total. The largest absolute Gasteiger partial charge is 0.428 e. The fraction of sp³-hybridized carbons (Fsp3) is 0. The molecule has 0 saturated heterocycles. The second-order valence-electron chi connectivity index (χ2n) is 2.85. The van der Waals surface area contributed by atoms with Crippen molar-refractivity contribution < 1.29 is 5.21 Å². The third kappa shape index (κ3) is 1.04. The van der Waals surface area contributed by atoms with Gasteiger partial charge in [0.15, 0.2) is 0 Å². The predicted octanol–water partition coefficient (Wildman–Crippen LogP) is 1.11. The molecular weight excluding hydrogens is 180 g/mol. The first-order chi connectivity index (χ1) is 6.74. The van der Waals surface area contributed by atoms with Gasteiger partial charge in [-0.25, -0.2) is 0 Å². The standard InChI is InChI=1S/C10H6N2O2/c11-5-7-6-12(14)9-4-2-1-3-8(9)10(7)13/h1-4,6,14H. The van der Waals surface area contributed by atoms with E-state index in [9.17, 15) is 10.0 Å². The first-order valence-corrected chi connectivity index (χ1v) is 3.98. The molecule has 0 unspecified atom stereocenters. The van der Waals surface area contributed by atoms with Gasteiger partial charge in [0, 0.05) is 0 Å². The Hall–Kier alpha value is -2.28. The van der Waals surface area contributed by atoms with Crippen molar-refractivity contribution in [3.05, 3.63) is 46.2 Å². The van der Waals surface area contributed by atoms with Crippen LogP contribution in [0.2, 0.25) is 0 Å². The van der Waals surface area contributed by atoms with Crippen LogP contribution in [-0.4, -0.2) is 9.94 Å². The molecule has 1 N–H and O–H groups in total. The molecule has 2 rings (SSSR count). The van der Waals surface area contributed by atoms with E-state index in [4.69, 9.17) is 5.26 Å². The van der Waals surface area contributed by atoms with Gasteiger partial charge in [-0.3, -0.25) is 4.79 Å². The lowest BCUT2D eigenvalue weighted by Gasteiger charge is -2.02. The summed E-state index contributed by atoms with van der Waals surface area (Å²) < 4.78 is 0.787. The lowest BCUT2D eigenvalue weighted by atomic mass is 10.1. The number of nitriles is 1. The minimum atomic E-state index is -0.353. The molecular formula is C10H6N2O2. The Morgan fingerprint density at radius 3 is 2.79 bits per heavy atom. The highest BCUT2D eigenvalue weighted by Crippen LogP contribution is 2.08. The van der Waals surface area contributed by atoms with Crippen molar-refractivity contribution in [2.24, 2.45) is 0 Å². The van der Waals surface area contributed by atoms with Crippen LogP contribution in [0.5, 0.6) is 0 Å².